The standard InChI is InChI=1S/C20H21NO4/c22-18(23)20(14-16-8-3-1-4-9-16)12-7-13-21(20)19(24)25-15-17-10-5-2-6-11-17/h1-6,8-11H,7,12-15H2,(H,22,23)/t20-/m0/s1. The third kappa shape index (κ3) is 3.65. The van der Waals surface area contributed by atoms with Crippen LogP contribution in [0.15, 0.2) is 60.7 Å². The second kappa shape index (κ2) is 7.38. The van der Waals surface area contributed by atoms with Gasteiger partial charge < -0.3 is 9.84 Å². The van der Waals surface area contributed by atoms with Crippen LogP contribution in [0.4, 0.5) is 4.79 Å². The number of carboxylic acids is 1. The first-order valence-electron chi connectivity index (χ1n) is 8.37. The lowest BCUT2D eigenvalue weighted by atomic mass is 9.88. The van der Waals surface area contributed by atoms with Gasteiger partial charge in [0.05, 0.1) is 0 Å². The van der Waals surface area contributed by atoms with Crippen molar-refractivity contribution in [2.45, 2.75) is 31.4 Å². The van der Waals surface area contributed by atoms with Crippen LogP contribution in [0, 0.1) is 0 Å². The van der Waals surface area contributed by atoms with Gasteiger partial charge in [-0.1, -0.05) is 60.7 Å². The summed E-state index contributed by atoms with van der Waals surface area (Å²) in [6.45, 7) is 0.532. The largest absolute Gasteiger partial charge is 0.479 e. The molecule has 2 aromatic rings. The van der Waals surface area contributed by atoms with Gasteiger partial charge in [-0.2, -0.15) is 0 Å². The average Bonchev–Trinajstić information content (AvgIpc) is 3.06. The first-order chi connectivity index (χ1) is 12.1. The summed E-state index contributed by atoms with van der Waals surface area (Å²) >= 11 is 0. The van der Waals surface area contributed by atoms with E-state index in [0.29, 0.717) is 19.4 Å². The SMILES string of the molecule is O=C(OCc1ccccc1)N1CCC[C@]1(Cc1ccccc1)C(=O)O. The number of rotatable bonds is 5. The second-order valence-corrected chi connectivity index (χ2v) is 6.29. The summed E-state index contributed by atoms with van der Waals surface area (Å²) in [6, 6.07) is 18.8. The van der Waals surface area contributed by atoms with Gasteiger partial charge in [0.15, 0.2) is 0 Å². The van der Waals surface area contributed by atoms with Crippen LogP contribution >= 0.6 is 0 Å². The van der Waals surface area contributed by atoms with Crippen molar-refractivity contribution in [3.05, 3.63) is 71.8 Å². The maximum absolute atomic E-state index is 12.6. The minimum absolute atomic E-state index is 0.136. The number of hydrogen-bond donors (Lipinski definition) is 1. The Bertz CT molecular complexity index is 732. The summed E-state index contributed by atoms with van der Waals surface area (Å²) in [7, 11) is 0. The van der Waals surface area contributed by atoms with Crippen molar-refractivity contribution in [3.63, 3.8) is 0 Å². The molecule has 5 heteroatoms. The number of carboxylic acid groups (broad SMARTS) is 1. The Morgan fingerprint density at radius 3 is 2.20 bits per heavy atom. The molecule has 0 bridgehead atoms. The molecule has 1 atom stereocenters. The van der Waals surface area contributed by atoms with Crippen molar-refractivity contribution in [1.82, 2.24) is 4.90 Å². The third-order valence-electron chi connectivity index (χ3n) is 4.65. The molecule has 130 valence electrons. The highest BCUT2D eigenvalue weighted by molar-refractivity contribution is 5.85. The van der Waals surface area contributed by atoms with Crippen LogP contribution in [0.25, 0.3) is 0 Å². The zero-order valence-corrected chi connectivity index (χ0v) is 13.9. The first-order valence-corrected chi connectivity index (χ1v) is 8.37. The van der Waals surface area contributed by atoms with Gasteiger partial charge in [0, 0.05) is 13.0 Å². The van der Waals surface area contributed by atoms with Crippen molar-refractivity contribution < 1.29 is 19.4 Å². The summed E-state index contributed by atoms with van der Waals surface area (Å²) in [5, 5.41) is 9.88. The lowest BCUT2D eigenvalue weighted by Crippen LogP contribution is -2.54. The van der Waals surface area contributed by atoms with Gasteiger partial charge in [0.1, 0.15) is 12.1 Å². The predicted octanol–water partition coefficient (Wildman–Crippen LogP) is 3.49. The van der Waals surface area contributed by atoms with E-state index >= 15 is 0 Å². The van der Waals surface area contributed by atoms with E-state index in [1.807, 2.05) is 60.7 Å². The van der Waals surface area contributed by atoms with Crippen LogP contribution in [0.5, 0.6) is 0 Å². The van der Waals surface area contributed by atoms with Crippen LogP contribution in [0.2, 0.25) is 0 Å². The van der Waals surface area contributed by atoms with E-state index in [0.717, 1.165) is 11.1 Å². The maximum Gasteiger partial charge on any atom is 0.411 e. The average molecular weight is 339 g/mol. The van der Waals surface area contributed by atoms with Crippen LogP contribution in [-0.4, -0.2) is 34.2 Å². The van der Waals surface area contributed by atoms with Crippen molar-refractivity contribution in [2.75, 3.05) is 6.54 Å². The molecule has 0 spiro atoms. The van der Waals surface area contributed by atoms with E-state index in [1.54, 1.807) is 0 Å². The molecule has 0 aromatic heterocycles. The zero-order chi connectivity index (χ0) is 17.7. The van der Waals surface area contributed by atoms with Gasteiger partial charge in [0.25, 0.3) is 0 Å². The van der Waals surface area contributed by atoms with Crippen molar-refractivity contribution in [3.8, 4) is 0 Å². The van der Waals surface area contributed by atoms with E-state index in [4.69, 9.17) is 4.74 Å². The fourth-order valence-corrected chi connectivity index (χ4v) is 3.36. The molecular weight excluding hydrogens is 318 g/mol. The number of benzene rings is 2. The second-order valence-electron chi connectivity index (χ2n) is 6.29. The predicted molar refractivity (Wildman–Crippen MR) is 93.1 cm³/mol. The smallest absolute Gasteiger partial charge is 0.411 e. The lowest BCUT2D eigenvalue weighted by Gasteiger charge is -2.34. The van der Waals surface area contributed by atoms with Crippen molar-refractivity contribution in [1.29, 1.82) is 0 Å². The highest BCUT2D eigenvalue weighted by Gasteiger charge is 2.50. The molecule has 5 nitrogen and oxygen atoms in total. The quantitative estimate of drug-likeness (QED) is 0.905. The summed E-state index contributed by atoms with van der Waals surface area (Å²) < 4.78 is 5.38. The maximum atomic E-state index is 12.6. The van der Waals surface area contributed by atoms with E-state index in [9.17, 15) is 14.7 Å². The van der Waals surface area contributed by atoms with Gasteiger partial charge in [-0.3, -0.25) is 4.90 Å². The monoisotopic (exact) mass is 339 g/mol. The Hall–Kier alpha value is -2.82. The normalized spacial score (nSPS) is 19.6. The molecule has 1 heterocycles. The molecule has 1 aliphatic rings. The third-order valence-corrected chi connectivity index (χ3v) is 4.65. The minimum Gasteiger partial charge on any atom is -0.479 e. The number of amides is 1. The number of aliphatic carboxylic acids is 1. The molecule has 1 saturated heterocycles. The highest BCUT2D eigenvalue weighted by Crippen LogP contribution is 2.34. The van der Waals surface area contributed by atoms with Crippen LogP contribution in [0.1, 0.15) is 24.0 Å². The Kier molecular flexibility index (Phi) is 5.03. The Morgan fingerprint density at radius 1 is 1.00 bits per heavy atom. The molecule has 0 radical (unpaired) electrons. The Balaban J connectivity index is 1.76. The van der Waals surface area contributed by atoms with E-state index in [2.05, 4.69) is 0 Å². The number of carbonyl (C=O) groups is 2. The Labute approximate surface area is 146 Å². The lowest BCUT2D eigenvalue weighted by molar-refractivity contribution is -0.148. The minimum atomic E-state index is -1.24. The molecule has 0 saturated carbocycles. The van der Waals surface area contributed by atoms with E-state index < -0.39 is 17.6 Å². The van der Waals surface area contributed by atoms with Crippen LogP contribution in [0.3, 0.4) is 0 Å². The molecule has 0 unspecified atom stereocenters. The van der Waals surface area contributed by atoms with Gasteiger partial charge in [-0.05, 0) is 24.0 Å². The van der Waals surface area contributed by atoms with E-state index in [1.165, 1.54) is 4.90 Å². The topological polar surface area (TPSA) is 66.8 Å². The van der Waals surface area contributed by atoms with Gasteiger partial charge in [0.2, 0.25) is 0 Å². The number of nitrogens with zero attached hydrogens (tertiary/aromatic N) is 1. The van der Waals surface area contributed by atoms with Gasteiger partial charge >= 0.3 is 12.1 Å². The fourth-order valence-electron chi connectivity index (χ4n) is 3.36. The van der Waals surface area contributed by atoms with Crippen LogP contribution in [-0.2, 0) is 22.6 Å². The molecular formula is C20H21NO4. The fraction of sp³-hybridized carbons (Fsp3) is 0.300. The molecule has 1 N–H and O–H groups in total. The molecule has 1 amide bonds. The first kappa shape index (κ1) is 17.0. The molecule has 1 aliphatic heterocycles. The van der Waals surface area contributed by atoms with Gasteiger partial charge in [-0.25, -0.2) is 9.59 Å². The summed E-state index contributed by atoms with van der Waals surface area (Å²) in [5.74, 6) is -0.981. The number of carbonyl (C=O) groups excluding carboxylic acids is 1. The molecule has 1 fully saturated rings. The zero-order valence-electron chi connectivity index (χ0n) is 13.9. The molecule has 0 aliphatic carbocycles. The molecule has 2 aromatic carbocycles. The summed E-state index contributed by atoms with van der Waals surface area (Å²) in [5.41, 5.74) is 0.529. The number of likely N-dealkylation sites (tertiary alicyclic amines) is 1. The number of hydrogen-bond acceptors (Lipinski definition) is 3. The van der Waals surface area contributed by atoms with Crippen LogP contribution < -0.4 is 0 Å². The molecule has 3 rings (SSSR count). The summed E-state index contributed by atoms with van der Waals surface area (Å²) in [6.07, 6.45) is 0.792. The summed E-state index contributed by atoms with van der Waals surface area (Å²) in [4.78, 5) is 26.0. The van der Waals surface area contributed by atoms with Crippen molar-refractivity contribution in [2.24, 2.45) is 0 Å². The van der Waals surface area contributed by atoms with Crippen molar-refractivity contribution >= 4 is 12.1 Å². The van der Waals surface area contributed by atoms with E-state index in [-0.39, 0.29) is 13.0 Å². The Morgan fingerprint density at radius 2 is 1.60 bits per heavy atom. The number of ether oxygens (including phenoxy) is 1. The highest BCUT2D eigenvalue weighted by atomic mass is 16.6. The van der Waals surface area contributed by atoms with Gasteiger partial charge in [-0.15, -0.1) is 0 Å². The molecule has 25 heavy (non-hydrogen) atoms.